The molecule has 0 aliphatic heterocycles. The zero-order valence-electron chi connectivity index (χ0n) is 14.2. The summed E-state index contributed by atoms with van der Waals surface area (Å²) in [4.78, 5) is 0. The predicted octanol–water partition coefficient (Wildman–Crippen LogP) is 6.45. The molecule has 0 aromatic carbocycles. The van der Waals surface area contributed by atoms with E-state index < -0.39 is 0 Å². The van der Waals surface area contributed by atoms with E-state index in [4.69, 9.17) is 0 Å². The second kappa shape index (κ2) is 6.25. The first-order valence-corrected chi connectivity index (χ1v) is 10.3. The number of rotatable bonds is 2. The predicted molar refractivity (Wildman–Crippen MR) is 90.1 cm³/mol. The molecule has 4 rings (SSSR count). The molecule has 0 bridgehead atoms. The highest BCUT2D eigenvalue weighted by Crippen LogP contribution is 2.60. The first-order valence-electron chi connectivity index (χ1n) is 10.3. The second-order valence-electron chi connectivity index (χ2n) is 9.17. The van der Waals surface area contributed by atoms with E-state index in [2.05, 4.69) is 6.92 Å². The van der Waals surface area contributed by atoms with Gasteiger partial charge in [-0.3, -0.25) is 0 Å². The van der Waals surface area contributed by atoms with Crippen LogP contribution in [0.1, 0.15) is 90.4 Å². The summed E-state index contributed by atoms with van der Waals surface area (Å²) in [6.45, 7) is 2.61. The maximum Gasteiger partial charge on any atom is -0.0326 e. The molecule has 0 radical (unpaired) electrons. The summed E-state index contributed by atoms with van der Waals surface area (Å²) >= 11 is 0. The van der Waals surface area contributed by atoms with Crippen molar-refractivity contribution < 1.29 is 0 Å². The first kappa shape index (κ1) is 14.6. The molecule has 0 nitrogen and oxygen atoms in total. The third-order valence-electron chi connectivity index (χ3n) is 8.15. The van der Waals surface area contributed by atoms with Crippen LogP contribution in [0.25, 0.3) is 0 Å². The molecule has 120 valence electrons. The van der Waals surface area contributed by atoms with Gasteiger partial charge in [-0.2, -0.15) is 0 Å². The number of hydrogen-bond acceptors (Lipinski definition) is 0. The minimum Gasteiger partial charge on any atom is -0.0622 e. The van der Waals surface area contributed by atoms with Crippen LogP contribution in [0.4, 0.5) is 0 Å². The van der Waals surface area contributed by atoms with E-state index in [-0.39, 0.29) is 0 Å². The highest BCUT2D eigenvalue weighted by atomic mass is 14.6. The first-order chi connectivity index (χ1) is 10.3. The van der Waals surface area contributed by atoms with Crippen LogP contribution in [-0.2, 0) is 0 Å². The third kappa shape index (κ3) is 2.70. The summed E-state index contributed by atoms with van der Waals surface area (Å²) in [6.07, 6.45) is 20.3. The van der Waals surface area contributed by atoms with Gasteiger partial charge in [0.05, 0.1) is 0 Å². The fraction of sp³-hybridized carbons (Fsp3) is 1.00. The maximum absolute atomic E-state index is 2.61. The molecule has 0 N–H and O–H groups in total. The van der Waals surface area contributed by atoms with Crippen molar-refractivity contribution in [1.29, 1.82) is 0 Å². The van der Waals surface area contributed by atoms with Gasteiger partial charge >= 0.3 is 0 Å². The van der Waals surface area contributed by atoms with Crippen molar-refractivity contribution in [3.63, 3.8) is 0 Å². The van der Waals surface area contributed by atoms with Crippen LogP contribution in [0.3, 0.4) is 0 Å². The summed E-state index contributed by atoms with van der Waals surface area (Å²) in [6, 6.07) is 0. The van der Waals surface area contributed by atoms with Crippen LogP contribution in [0.5, 0.6) is 0 Å². The minimum atomic E-state index is 1.04. The van der Waals surface area contributed by atoms with Crippen molar-refractivity contribution in [3.05, 3.63) is 0 Å². The van der Waals surface area contributed by atoms with E-state index >= 15 is 0 Å². The molecule has 0 saturated heterocycles. The molecule has 6 unspecified atom stereocenters. The highest BCUT2D eigenvalue weighted by Gasteiger charge is 2.52. The lowest BCUT2D eigenvalue weighted by Gasteiger charge is -2.38. The lowest BCUT2D eigenvalue weighted by Crippen LogP contribution is -2.30. The van der Waals surface area contributed by atoms with E-state index in [1.807, 2.05) is 0 Å². The van der Waals surface area contributed by atoms with Gasteiger partial charge in [0.1, 0.15) is 0 Å². The van der Waals surface area contributed by atoms with E-state index in [1.165, 1.54) is 19.3 Å². The smallest absolute Gasteiger partial charge is 0.0326 e. The largest absolute Gasteiger partial charge is 0.0622 e. The SMILES string of the molecule is CC1CCCC2C3CCCCC3C(CC3CCCCC3)C12. The molecule has 0 spiro atoms. The third-order valence-corrected chi connectivity index (χ3v) is 8.15. The van der Waals surface area contributed by atoms with Crippen molar-refractivity contribution in [1.82, 2.24) is 0 Å². The van der Waals surface area contributed by atoms with Crippen LogP contribution in [0.15, 0.2) is 0 Å². The Labute approximate surface area is 132 Å². The Kier molecular flexibility index (Phi) is 4.34. The molecular formula is C21H36. The Hall–Kier alpha value is 0. The normalized spacial score (nSPS) is 47.9. The van der Waals surface area contributed by atoms with Crippen molar-refractivity contribution in [2.75, 3.05) is 0 Å². The molecule has 4 saturated carbocycles. The Morgan fingerprint density at radius 2 is 1.29 bits per heavy atom. The molecule has 6 atom stereocenters. The average Bonchev–Trinajstić information content (AvgIpc) is 2.84. The van der Waals surface area contributed by atoms with Crippen molar-refractivity contribution >= 4 is 0 Å². The van der Waals surface area contributed by atoms with E-state index in [1.54, 1.807) is 64.2 Å². The molecule has 0 aromatic heterocycles. The molecule has 4 aliphatic carbocycles. The molecule has 4 aliphatic rings. The Bertz CT molecular complexity index is 340. The van der Waals surface area contributed by atoms with E-state index in [0.717, 1.165) is 41.4 Å². The van der Waals surface area contributed by atoms with E-state index in [9.17, 15) is 0 Å². The molecule has 0 heterocycles. The molecule has 21 heavy (non-hydrogen) atoms. The molecule has 0 heteroatoms. The Morgan fingerprint density at radius 1 is 0.619 bits per heavy atom. The second-order valence-corrected chi connectivity index (χ2v) is 9.17. The summed E-state index contributed by atoms with van der Waals surface area (Å²) < 4.78 is 0. The molecule has 0 amide bonds. The molecular weight excluding hydrogens is 252 g/mol. The molecule has 4 fully saturated rings. The molecule has 0 aromatic rings. The van der Waals surface area contributed by atoms with Gasteiger partial charge in [0.15, 0.2) is 0 Å². The summed E-state index contributed by atoms with van der Waals surface area (Å²) in [5.74, 6) is 7.87. The van der Waals surface area contributed by atoms with Gasteiger partial charge < -0.3 is 0 Å². The summed E-state index contributed by atoms with van der Waals surface area (Å²) in [5, 5.41) is 0. The topological polar surface area (TPSA) is 0 Å². The van der Waals surface area contributed by atoms with Gasteiger partial charge in [-0.25, -0.2) is 0 Å². The monoisotopic (exact) mass is 288 g/mol. The van der Waals surface area contributed by atoms with Gasteiger partial charge in [-0.15, -0.1) is 0 Å². The van der Waals surface area contributed by atoms with Gasteiger partial charge in [-0.05, 0) is 67.1 Å². The Morgan fingerprint density at radius 3 is 2.10 bits per heavy atom. The lowest BCUT2D eigenvalue weighted by molar-refractivity contribution is 0.117. The maximum atomic E-state index is 2.61. The van der Waals surface area contributed by atoms with Gasteiger partial charge in [0.25, 0.3) is 0 Å². The lowest BCUT2D eigenvalue weighted by atomic mass is 9.67. The van der Waals surface area contributed by atoms with E-state index in [0.29, 0.717) is 0 Å². The number of hydrogen-bond donors (Lipinski definition) is 0. The van der Waals surface area contributed by atoms with Crippen LogP contribution in [0.2, 0.25) is 0 Å². The van der Waals surface area contributed by atoms with Crippen LogP contribution in [0, 0.1) is 41.4 Å². The van der Waals surface area contributed by atoms with Crippen molar-refractivity contribution in [3.8, 4) is 0 Å². The van der Waals surface area contributed by atoms with Crippen LogP contribution in [-0.4, -0.2) is 0 Å². The standard InChI is InChI=1S/C21H36/c1-15-8-7-13-19-17-11-5-6-12-18(17)20(21(15)19)14-16-9-3-2-4-10-16/h15-21H,2-14H2,1H3. The fourth-order valence-corrected chi connectivity index (χ4v) is 7.40. The van der Waals surface area contributed by atoms with Crippen molar-refractivity contribution in [2.24, 2.45) is 41.4 Å². The highest BCUT2D eigenvalue weighted by molar-refractivity contribution is 5.01. The van der Waals surface area contributed by atoms with Crippen LogP contribution < -0.4 is 0 Å². The van der Waals surface area contributed by atoms with Gasteiger partial charge in [0, 0.05) is 0 Å². The number of fused-ring (bicyclic) bond motifs is 3. The van der Waals surface area contributed by atoms with Gasteiger partial charge in [-0.1, -0.05) is 64.7 Å². The zero-order valence-corrected chi connectivity index (χ0v) is 14.2. The quantitative estimate of drug-likeness (QED) is 0.548. The summed E-state index contributed by atoms with van der Waals surface area (Å²) in [5.41, 5.74) is 0. The fourth-order valence-electron chi connectivity index (χ4n) is 7.40. The van der Waals surface area contributed by atoms with Crippen LogP contribution >= 0.6 is 0 Å². The Balaban J connectivity index is 1.53. The average molecular weight is 289 g/mol. The van der Waals surface area contributed by atoms with Crippen molar-refractivity contribution in [2.45, 2.75) is 90.4 Å². The van der Waals surface area contributed by atoms with Gasteiger partial charge in [0.2, 0.25) is 0 Å². The minimum absolute atomic E-state index is 1.04. The summed E-state index contributed by atoms with van der Waals surface area (Å²) in [7, 11) is 0. The zero-order chi connectivity index (χ0) is 14.2.